The van der Waals surface area contributed by atoms with Gasteiger partial charge in [-0.15, -0.1) is 0 Å². The van der Waals surface area contributed by atoms with Crippen molar-refractivity contribution in [1.29, 1.82) is 0 Å². The first-order chi connectivity index (χ1) is 8.30. The van der Waals surface area contributed by atoms with Gasteiger partial charge in [-0.2, -0.15) is 13.2 Å². The average molecular weight is 261 g/mol. The summed E-state index contributed by atoms with van der Waals surface area (Å²) in [6, 6.07) is 0. The van der Waals surface area contributed by atoms with Crippen molar-refractivity contribution in [2.45, 2.75) is 12.6 Å². The zero-order valence-electron chi connectivity index (χ0n) is 8.73. The summed E-state index contributed by atoms with van der Waals surface area (Å²) in [7, 11) is 0. The zero-order valence-corrected chi connectivity index (χ0v) is 8.73. The van der Waals surface area contributed by atoms with Crippen LogP contribution in [0.1, 0.15) is 21.9 Å². The topological polar surface area (TPSA) is 83.4 Å². The van der Waals surface area contributed by atoms with Crippen molar-refractivity contribution in [2.24, 2.45) is 0 Å². The van der Waals surface area contributed by atoms with Gasteiger partial charge in [0.25, 0.3) is 5.91 Å². The average Bonchev–Trinajstić information content (AvgIpc) is 2.27. The van der Waals surface area contributed by atoms with Crippen molar-refractivity contribution < 1.29 is 27.9 Å². The molecule has 2 rings (SSSR count). The van der Waals surface area contributed by atoms with E-state index in [0.29, 0.717) is 4.90 Å². The molecule has 0 unspecified atom stereocenters. The van der Waals surface area contributed by atoms with Crippen molar-refractivity contribution in [3.8, 4) is 0 Å². The van der Waals surface area contributed by atoms with Gasteiger partial charge >= 0.3 is 12.3 Å². The molecular weight excluding hydrogens is 255 g/mol. The smallest absolute Gasteiger partial charge is 0.451 e. The Hall–Kier alpha value is -2.19. The lowest BCUT2D eigenvalue weighted by Crippen LogP contribution is -2.42. The van der Waals surface area contributed by atoms with Crippen LogP contribution in [0.3, 0.4) is 0 Å². The Morgan fingerprint density at radius 1 is 1.44 bits per heavy atom. The highest BCUT2D eigenvalue weighted by atomic mass is 19.4. The third kappa shape index (κ3) is 1.98. The van der Waals surface area contributed by atoms with Crippen LogP contribution in [0.5, 0.6) is 0 Å². The molecule has 96 valence electrons. The number of imide groups is 1. The Balaban J connectivity index is 2.46. The molecule has 1 aromatic heterocycles. The number of alkyl halides is 3. The molecule has 0 spiro atoms. The van der Waals surface area contributed by atoms with Gasteiger partial charge in [0.05, 0.1) is 0 Å². The molecule has 18 heavy (non-hydrogen) atoms. The van der Waals surface area contributed by atoms with E-state index in [1.165, 1.54) is 0 Å². The molecule has 2 amide bonds. The Bertz CT molecular complexity index is 530. The third-order valence-corrected chi connectivity index (χ3v) is 2.40. The summed E-state index contributed by atoms with van der Waals surface area (Å²) in [4.78, 5) is 29.0. The molecule has 9 heteroatoms. The number of carbonyl (C=O) groups is 2. The quantitative estimate of drug-likeness (QED) is 0.757. The lowest BCUT2D eigenvalue weighted by atomic mass is 10.1. The minimum Gasteiger partial charge on any atom is -0.465 e. The number of hydrogen-bond donors (Lipinski definition) is 1. The minimum absolute atomic E-state index is 0.103. The standard InChI is InChI=1S/C9H6F3N3O3/c10-9(11,12)7-13-3-4-1-2-15(8(17)18)6(16)5(4)14-7/h3H,1-2H2,(H,17,18). The molecule has 0 saturated carbocycles. The maximum Gasteiger partial charge on any atom is 0.451 e. The van der Waals surface area contributed by atoms with E-state index in [0.717, 1.165) is 6.20 Å². The Labute approximate surface area is 98.1 Å². The maximum absolute atomic E-state index is 12.4. The highest BCUT2D eigenvalue weighted by Crippen LogP contribution is 2.27. The zero-order chi connectivity index (χ0) is 13.5. The summed E-state index contributed by atoms with van der Waals surface area (Å²) in [6.07, 6.45) is -5.29. The van der Waals surface area contributed by atoms with E-state index >= 15 is 0 Å². The molecule has 0 aliphatic carbocycles. The summed E-state index contributed by atoms with van der Waals surface area (Å²) in [5, 5.41) is 8.70. The first kappa shape index (κ1) is 12.3. The minimum atomic E-state index is -4.78. The van der Waals surface area contributed by atoms with Crippen LogP contribution >= 0.6 is 0 Å². The van der Waals surface area contributed by atoms with Gasteiger partial charge in [-0.3, -0.25) is 4.79 Å². The second-order valence-corrected chi connectivity index (χ2v) is 3.55. The lowest BCUT2D eigenvalue weighted by molar-refractivity contribution is -0.145. The van der Waals surface area contributed by atoms with Crippen LogP contribution in [0.4, 0.5) is 18.0 Å². The molecule has 1 aliphatic heterocycles. The number of rotatable bonds is 0. The van der Waals surface area contributed by atoms with E-state index < -0.39 is 29.7 Å². The van der Waals surface area contributed by atoms with Crippen LogP contribution in [-0.2, 0) is 12.6 Å². The number of amides is 2. The predicted molar refractivity (Wildman–Crippen MR) is 49.8 cm³/mol. The Morgan fingerprint density at radius 3 is 2.67 bits per heavy atom. The van der Waals surface area contributed by atoms with Gasteiger partial charge in [-0.1, -0.05) is 0 Å². The summed E-state index contributed by atoms with van der Waals surface area (Å²) >= 11 is 0. The molecule has 0 radical (unpaired) electrons. The van der Waals surface area contributed by atoms with Gasteiger partial charge in [0.1, 0.15) is 5.69 Å². The van der Waals surface area contributed by atoms with Crippen LogP contribution in [0.15, 0.2) is 6.20 Å². The number of fused-ring (bicyclic) bond motifs is 1. The first-order valence-electron chi connectivity index (χ1n) is 4.78. The van der Waals surface area contributed by atoms with E-state index in [9.17, 15) is 22.8 Å². The van der Waals surface area contributed by atoms with E-state index in [4.69, 9.17) is 5.11 Å². The predicted octanol–water partition coefficient (Wildman–Crippen LogP) is 1.17. The number of nitrogens with zero attached hydrogens (tertiary/aromatic N) is 3. The van der Waals surface area contributed by atoms with Gasteiger partial charge < -0.3 is 5.11 Å². The molecule has 1 aliphatic rings. The lowest BCUT2D eigenvalue weighted by Gasteiger charge is -2.23. The first-order valence-corrected chi connectivity index (χ1v) is 4.78. The van der Waals surface area contributed by atoms with Crippen LogP contribution in [-0.4, -0.2) is 38.5 Å². The number of hydrogen-bond acceptors (Lipinski definition) is 4. The van der Waals surface area contributed by atoms with E-state index in [1.54, 1.807) is 0 Å². The second-order valence-electron chi connectivity index (χ2n) is 3.55. The molecule has 2 heterocycles. The van der Waals surface area contributed by atoms with Crippen LogP contribution < -0.4 is 0 Å². The molecule has 0 saturated heterocycles. The van der Waals surface area contributed by atoms with E-state index in [-0.39, 0.29) is 18.5 Å². The van der Waals surface area contributed by atoms with E-state index in [2.05, 4.69) is 9.97 Å². The van der Waals surface area contributed by atoms with Crippen molar-refractivity contribution in [3.63, 3.8) is 0 Å². The number of carboxylic acid groups (broad SMARTS) is 1. The Morgan fingerprint density at radius 2 is 2.11 bits per heavy atom. The van der Waals surface area contributed by atoms with Gasteiger partial charge in [0.2, 0.25) is 5.82 Å². The van der Waals surface area contributed by atoms with Crippen molar-refractivity contribution in [2.75, 3.05) is 6.54 Å². The summed E-state index contributed by atoms with van der Waals surface area (Å²) in [6.45, 7) is -0.115. The fourth-order valence-corrected chi connectivity index (χ4v) is 1.56. The number of carbonyl (C=O) groups excluding carboxylic acids is 1. The molecule has 0 aromatic carbocycles. The van der Waals surface area contributed by atoms with Crippen LogP contribution in [0, 0.1) is 0 Å². The second kappa shape index (κ2) is 3.93. The molecular formula is C9H6F3N3O3. The summed E-state index contributed by atoms with van der Waals surface area (Å²) in [5.74, 6) is -2.52. The summed E-state index contributed by atoms with van der Waals surface area (Å²) in [5.41, 5.74) is -0.295. The fraction of sp³-hybridized carbons (Fsp3) is 0.333. The molecule has 6 nitrogen and oxygen atoms in total. The van der Waals surface area contributed by atoms with Crippen molar-refractivity contribution in [3.05, 3.63) is 23.3 Å². The maximum atomic E-state index is 12.4. The highest BCUT2D eigenvalue weighted by Gasteiger charge is 2.38. The summed E-state index contributed by atoms with van der Waals surface area (Å²) < 4.78 is 37.1. The Kier molecular flexibility index (Phi) is 2.68. The third-order valence-electron chi connectivity index (χ3n) is 2.40. The van der Waals surface area contributed by atoms with E-state index in [1.807, 2.05) is 0 Å². The van der Waals surface area contributed by atoms with Gasteiger partial charge in [-0.25, -0.2) is 19.7 Å². The SMILES string of the molecule is O=C(O)N1CCc2cnc(C(F)(F)F)nc2C1=O. The normalized spacial score (nSPS) is 15.5. The van der Waals surface area contributed by atoms with Gasteiger partial charge in [0.15, 0.2) is 0 Å². The molecule has 1 aromatic rings. The molecule has 0 bridgehead atoms. The number of halogens is 3. The largest absolute Gasteiger partial charge is 0.465 e. The monoisotopic (exact) mass is 261 g/mol. The van der Waals surface area contributed by atoms with Crippen LogP contribution in [0.25, 0.3) is 0 Å². The molecule has 1 N–H and O–H groups in total. The van der Waals surface area contributed by atoms with Crippen molar-refractivity contribution >= 4 is 12.0 Å². The fourth-order valence-electron chi connectivity index (χ4n) is 1.56. The van der Waals surface area contributed by atoms with Gasteiger partial charge in [-0.05, 0) is 6.42 Å². The number of aromatic nitrogens is 2. The van der Waals surface area contributed by atoms with Crippen molar-refractivity contribution in [1.82, 2.24) is 14.9 Å². The molecule has 0 atom stereocenters. The van der Waals surface area contributed by atoms with Crippen LogP contribution in [0.2, 0.25) is 0 Å². The highest BCUT2D eigenvalue weighted by molar-refractivity contribution is 6.03. The molecule has 0 fully saturated rings. The van der Waals surface area contributed by atoms with Gasteiger partial charge in [0, 0.05) is 18.3 Å².